The van der Waals surface area contributed by atoms with Crippen LogP contribution < -0.4 is 15.4 Å². The number of nitrogens with zero attached hydrogens (tertiary/aromatic N) is 4. The van der Waals surface area contributed by atoms with Crippen LogP contribution in [0.5, 0.6) is 5.75 Å². The highest BCUT2D eigenvalue weighted by Gasteiger charge is 2.18. The summed E-state index contributed by atoms with van der Waals surface area (Å²) in [6.45, 7) is 9.42. The van der Waals surface area contributed by atoms with E-state index in [1.165, 1.54) is 43.2 Å². The highest BCUT2D eigenvalue weighted by atomic mass is 16.5. The maximum atomic E-state index is 5.98. The molecule has 1 saturated carbocycles. The van der Waals surface area contributed by atoms with Crippen LogP contribution in [-0.2, 0) is 0 Å². The second-order valence-electron chi connectivity index (χ2n) is 9.46. The lowest BCUT2D eigenvalue weighted by atomic mass is 9.96. The first-order valence-corrected chi connectivity index (χ1v) is 13.7. The fourth-order valence-corrected chi connectivity index (χ4v) is 4.62. The Hall–Kier alpha value is -3.61. The summed E-state index contributed by atoms with van der Waals surface area (Å²) in [5.74, 6) is 2.27. The smallest absolute Gasteiger partial charge is 0.227 e. The number of nitrogens with one attached hydrogen (secondary N) is 2. The molecule has 0 amide bonds. The van der Waals surface area contributed by atoms with Crippen molar-refractivity contribution in [1.29, 1.82) is 0 Å². The van der Waals surface area contributed by atoms with E-state index in [4.69, 9.17) is 14.7 Å². The van der Waals surface area contributed by atoms with Crippen molar-refractivity contribution < 1.29 is 4.74 Å². The third-order valence-corrected chi connectivity index (χ3v) is 6.54. The van der Waals surface area contributed by atoms with Crippen molar-refractivity contribution in [2.45, 2.75) is 71.9 Å². The predicted molar refractivity (Wildman–Crippen MR) is 153 cm³/mol. The van der Waals surface area contributed by atoms with E-state index < -0.39 is 0 Å². The Kier molecular flexibility index (Phi) is 9.35. The summed E-state index contributed by atoms with van der Waals surface area (Å²) >= 11 is 0. The first-order valence-electron chi connectivity index (χ1n) is 13.7. The molecule has 4 aromatic rings. The standard InChI is InChI=1S/C28H34N6O.C2H6/c1-20(2)34-19-30-25-26(32-28(33-27(25)34)31-23-11-7-4-8-12-23)29-17-18-35-24-15-13-22(14-16-24)21-9-5-3-6-10-21;1-2/h3,5-6,9-10,13-16,19-20,23H,4,7-8,11-12,17-18H2,1-2H3,(H2,29,31,32,33);1-2H3. The van der Waals surface area contributed by atoms with E-state index in [1.54, 1.807) is 0 Å². The zero-order valence-corrected chi connectivity index (χ0v) is 22.6. The van der Waals surface area contributed by atoms with Crippen molar-refractivity contribution in [3.63, 3.8) is 0 Å². The van der Waals surface area contributed by atoms with Crippen LogP contribution in [-0.4, -0.2) is 38.7 Å². The lowest BCUT2D eigenvalue weighted by Gasteiger charge is -2.23. The van der Waals surface area contributed by atoms with Crippen molar-refractivity contribution in [1.82, 2.24) is 19.5 Å². The molecule has 0 bridgehead atoms. The number of imidazole rings is 1. The molecule has 2 aromatic carbocycles. The molecule has 7 heteroatoms. The number of benzene rings is 2. The van der Waals surface area contributed by atoms with E-state index in [9.17, 15) is 0 Å². The molecule has 0 spiro atoms. The van der Waals surface area contributed by atoms with Gasteiger partial charge in [0.25, 0.3) is 0 Å². The van der Waals surface area contributed by atoms with Gasteiger partial charge in [-0.3, -0.25) is 0 Å². The first-order chi connectivity index (χ1) is 18.2. The van der Waals surface area contributed by atoms with E-state index in [0.717, 1.165) is 22.7 Å². The van der Waals surface area contributed by atoms with Crippen LogP contribution in [0.1, 0.15) is 65.8 Å². The van der Waals surface area contributed by atoms with E-state index in [0.29, 0.717) is 25.1 Å². The molecular weight excluding hydrogens is 460 g/mol. The molecule has 2 aromatic heterocycles. The third kappa shape index (κ3) is 6.79. The van der Waals surface area contributed by atoms with Crippen LogP contribution in [0.4, 0.5) is 11.8 Å². The molecule has 0 saturated heterocycles. The van der Waals surface area contributed by atoms with Gasteiger partial charge in [0.2, 0.25) is 5.95 Å². The molecule has 196 valence electrons. The molecule has 7 nitrogen and oxygen atoms in total. The van der Waals surface area contributed by atoms with Gasteiger partial charge in [0.1, 0.15) is 12.4 Å². The highest BCUT2D eigenvalue weighted by Crippen LogP contribution is 2.26. The maximum absolute atomic E-state index is 5.98. The fraction of sp³-hybridized carbons (Fsp3) is 0.433. The molecule has 1 aliphatic carbocycles. The Labute approximate surface area is 220 Å². The Morgan fingerprint density at radius 1 is 0.919 bits per heavy atom. The summed E-state index contributed by atoms with van der Waals surface area (Å²) in [5, 5.41) is 7.00. The minimum atomic E-state index is 0.271. The minimum absolute atomic E-state index is 0.271. The average molecular weight is 501 g/mol. The molecule has 2 heterocycles. The molecule has 2 N–H and O–H groups in total. The van der Waals surface area contributed by atoms with Crippen LogP contribution in [0.25, 0.3) is 22.3 Å². The van der Waals surface area contributed by atoms with Gasteiger partial charge in [0.05, 0.1) is 12.9 Å². The second kappa shape index (κ2) is 13.1. The van der Waals surface area contributed by atoms with Crippen molar-refractivity contribution in [3.8, 4) is 16.9 Å². The van der Waals surface area contributed by atoms with Gasteiger partial charge in [-0.05, 0) is 49.9 Å². The van der Waals surface area contributed by atoms with Crippen LogP contribution >= 0.6 is 0 Å². The SMILES string of the molecule is CC.CC(C)n1cnc2c(NCCOc3ccc(-c4ccccc4)cc3)nc(NC3CCCCC3)nc21. The van der Waals surface area contributed by atoms with Gasteiger partial charge in [0, 0.05) is 12.1 Å². The topological polar surface area (TPSA) is 76.9 Å². The molecule has 0 radical (unpaired) electrons. The van der Waals surface area contributed by atoms with Gasteiger partial charge in [-0.2, -0.15) is 9.97 Å². The Balaban J connectivity index is 0.00000156. The molecule has 1 fully saturated rings. The number of anilines is 2. The normalized spacial score (nSPS) is 13.8. The second-order valence-corrected chi connectivity index (χ2v) is 9.46. The van der Waals surface area contributed by atoms with Gasteiger partial charge < -0.3 is 19.9 Å². The third-order valence-electron chi connectivity index (χ3n) is 6.54. The van der Waals surface area contributed by atoms with Gasteiger partial charge in [-0.25, -0.2) is 4.98 Å². The number of rotatable bonds is 9. The molecule has 5 rings (SSSR count). The van der Waals surface area contributed by atoms with Crippen molar-refractivity contribution in [2.24, 2.45) is 0 Å². The molecule has 0 atom stereocenters. The van der Waals surface area contributed by atoms with E-state index in [1.807, 2.05) is 38.4 Å². The summed E-state index contributed by atoms with van der Waals surface area (Å²) in [7, 11) is 0. The molecular formula is C30H40N6O. The van der Waals surface area contributed by atoms with Crippen molar-refractivity contribution in [2.75, 3.05) is 23.8 Å². The summed E-state index contributed by atoms with van der Waals surface area (Å²) < 4.78 is 8.07. The number of hydrogen-bond donors (Lipinski definition) is 2. The minimum Gasteiger partial charge on any atom is -0.492 e. The summed E-state index contributed by atoms with van der Waals surface area (Å²) in [5.41, 5.74) is 4.03. The largest absolute Gasteiger partial charge is 0.492 e. The van der Waals surface area contributed by atoms with Gasteiger partial charge in [-0.1, -0.05) is 75.6 Å². The Morgan fingerprint density at radius 3 is 2.32 bits per heavy atom. The van der Waals surface area contributed by atoms with E-state index in [2.05, 4.69) is 70.4 Å². The van der Waals surface area contributed by atoms with Gasteiger partial charge >= 0.3 is 0 Å². The summed E-state index contributed by atoms with van der Waals surface area (Å²) in [6.07, 6.45) is 8.04. The molecule has 0 unspecified atom stereocenters. The zero-order valence-electron chi connectivity index (χ0n) is 22.6. The van der Waals surface area contributed by atoms with Gasteiger partial charge in [-0.15, -0.1) is 0 Å². The monoisotopic (exact) mass is 500 g/mol. The molecule has 1 aliphatic rings. The van der Waals surface area contributed by atoms with Crippen molar-refractivity contribution in [3.05, 3.63) is 60.9 Å². The molecule has 0 aliphatic heterocycles. The van der Waals surface area contributed by atoms with Crippen LogP contribution in [0.15, 0.2) is 60.9 Å². The molecule has 37 heavy (non-hydrogen) atoms. The van der Waals surface area contributed by atoms with Crippen molar-refractivity contribution >= 4 is 22.9 Å². The van der Waals surface area contributed by atoms with Crippen LogP contribution in [0.2, 0.25) is 0 Å². The number of aromatic nitrogens is 4. The lowest BCUT2D eigenvalue weighted by molar-refractivity contribution is 0.333. The Bertz CT molecular complexity index is 1230. The fourth-order valence-electron chi connectivity index (χ4n) is 4.62. The van der Waals surface area contributed by atoms with E-state index in [-0.39, 0.29) is 6.04 Å². The lowest BCUT2D eigenvalue weighted by Crippen LogP contribution is -2.24. The van der Waals surface area contributed by atoms with Crippen LogP contribution in [0, 0.1) is 0 Å². The number of fused-ring (bicyclic) bond motifs is 1. The first kappa shape index (κ1) is 26.5. The average Bonchev–Trinajstić information content (AvgIpc) is 3.38. The number of ether oxygens (including phenoxy) is 1. The highest BCUT2D eigenvalue weighted by molar-refractivity contribution is 5.84. The Morgan fingerprint density at radius 2 is 1.62 bits per heavy atom. The number of hydrogen-bond acceptors (Lipinski definition) is 6. The van der Waals surface area contributed by atoms with Gasteiger partial charge in [0.15, 0.2) is 17.0 Å². The zero-order chi connectivity index (χ0) is 26.0. The van der Waals surface area contributed by atoms with E-state index >= 15 is 0 Å². The maximum Gasteiger partial charge on any atom is 0.227 e. The quantitative estimate of drug-likeness (QED) is 0.234. The summed E-state index contributed by atoms with van der Waals surface area (Å²) in [6, 6.07) is 19.3. The summed E-state index contributed by atoms with van der Waals surface area (Å²) in [4.78, 5) is 14.2. The van der Waals surface area contributed by atoms with Crippen LogP contribution in [0.3, 0.4) is 0 Å². The predicted octanol–water partition coefficient (Wildman–Crippen LogP) is 7.34.